The number of hydrogen-bond acceptors (Lipinski definition) is 3. The van der Waals surface area contributed by atoms with E-state index in [4.69, 9.17) is 28.5 Å². The van der Waals surface area contributed by atoms with E-state index in [0.717, 1.165) is 6.07 Å². The fourth-order valence-corrected chi connectivity index (χ4v) is 2.00. The maximum atomic E-state index is 12.8. The number of aromatic nitrogens is 1. The minimum absolute atomic E-state index is 0.336. The third-order valence-corrected chi connectivity index (χ3v) is 3.24. The monoisotopic (exact) mass is 322 g/mol. The Balaban J connectivity index is 3.21. The molecule has 98 valence electrons. The van der Waals surface area contributed by atoms with E-state index in [9.17, 15) is 22.0 Å². The number of nitrogens with zero attached hydrogens (tertiary/aromatic N) is 2. The molecule has 1 rings (SSSR count). The van der Waals surface area contributed by atoms with Crippen LogP contribution in [0.2, 0.25) is 10.2 Å². The molecule has 0 N–H and O–H groups in total. The van der Waals surface area contributed by atoms with Crippen LogP contribution in [0, 0.1) is 11.3 Å². The smallest absolute Gasteiger partial charge is 0.228 e. The van der Waals surface area contributed by atoms with Crippen LogP contribution < -0.4 is 0 Å². The summed E-state index contributed by atoms with van der Waals surface area (Å²) in [6.45, 7) is 0. The van der Waals surface area contributed by atoms with Gasteiger partial charge in [0.15, 0.2) is 0 Å². The van der Waals surface area contributed by atoms with Crippen molar-refractivity contribution < 1.29 is 22.0 Å². The van der Waals surface area contributed by atoms with Gasteiger partial charge in [0.25, 0.3) is 0 Å². The molecule has 0 aliphatic carbocycles. The van der Waals surface area contributed by atoms with Crippen LogP contribution in [-0.4, -0.2) is 16.4 Å². The number of thioether (sulfide) groups is 1. The molecule has 0 radical (unpaired) electrons. The Kier molecular flexibility index (Phi) is 4.30. The number of rotatable bonds is 2. The molecule has 0 aliphatic heterocycles. The minimum atomic E-state index is -5.77. The molecular weight excluding hydrogens is 322 g/mol. The van der Waals surface area contributed by atoms with Crippen LogP contribution in [0.25, 0.3) is 0 Å². The summed E-state index contributed by atoms with van der Waals surface area (Å²) in [6.07, 6.45) is -5.77. The van der Waals surface area contributed by atoms with Gasteiger partial charge in [-0.2, -0.15) is 27.2 Å². The summed E-state index contributed by atoms with van der Waals surface area (Å²) >= 11 is 9.94. The van der Waals surface area contributed by atoms with Crippen LogP contribution in [0.4, 0.5) is 22.0 Å². The van der Waals surface area contributed by atoms with Crippen molar-refractivity contribution in [1.82, 2.24) is 4.98 Å². The van der Waals surface area contributed by atoms with Gasteiger partial charge in [-0.05, 0) is 17.8 Å². The van der Waals surface area contributed by atoms with Crippen LogP contribution >= 0.6 is 35.0 Å². The van der Waals surface area contributed by atoms with Gasteiger partial charge < -0.3 is 0 Å². The number of alkyl halides is 5. The predicted molar refractivity (Wildman–Crippen MR) is 55.8 cm³/mol. The molecule has 0 atom stereocenters. The Morgan fingerprint density at radius 2 is 1.78 bits per heavy atom. The lowest BCUT2D eigenvalue weighted by Crippen LogP contribution is -2.32. The molecule has 0 saturated heterocycles. The third-order valence-electron chi connectivity index (χ3n) is 1.57. The maximum Gasteiger partial charge on any atom is 0.464 e. The average molecular weight is 323 g/mol. The van der Waals surface area contributed by atoms with Gasteiger partial charge >= 0.3 is 11.4 Å². The van der Waals surface area contributed by atoms with E-state index in [2.05, 4.69) is 4.98 Å². The standard InChI is InChI=1S/C8HCl2F5N2S/c9-4-1-3(2-16)5(10)6(17-4)18-8(14,15)7(11,12)13/h1H. The molecule has 2 nitrogen and oxygen atoms in total. The first-order chi connectivity index (χ1) is 8.08. The largest absolute Gasteiger partial charge is 0.464 e. The molecule has 0 aromatic carbocycles. The van der Waals surface area contributed by atoms with E-state index in [-0.39, 0.29) is 5.56 Å². The van der Waals surface area contributed by atoms with Crippen LogP contribution in [0.15, 0.2) is 11.1 Å². The summed E-state index contributed by atoms with van der Waals surface area (Å²) in [5, 5.41) is 1.64. The average Bonchev–Trinajstić information content (AvgIpc) is 2.20. The van der Waals surface area contributed by atoms with E-state index in [1.54, 1.807) is 0 Å². The Morgan fingerprint density at radius 1 is 1.22 bits per heavy atom. The van der Waals surface area contributed by atoms with Crippen molar-refractivity contribution in [2.24, 2.45) is 0 Å². The van der Waals surface area contributed by atoms with Gasteiger partial charge in [-0.1, -0.05) is 23.2 Å². The first kappa shape index (κ1) is 15.3. The van der Waals surface area contributed by atoms with Gasteiger partial charge in [0.1, 0.15) is 16.2 Å². The second-order valence-electron chi connectivity index (χ2n) is 2.84. The van der Waals surface area contributed by atoms with E-state index in [0.29, 0.717) is 0 Å². The van der Waals surface area contributed by atoms with Gasteiger partial charge in [0, 0.05) is 0 Å². The van der Waals surface area contributed by atoms with Gasteiger partial charge in [-0.3, -0.25) is 0 Å². The fraction of sp³-hybridized carbons (Fsp3) is 0.250. The molecular formula is C8HCl2F5N2S. The summed E-state index contributed by atoms with van der Waals surface area (Å²) in [6, 6.07) is 2.46. The molecule has 0 unspecified atom stereocenters. The van der Waals surface area contributed by atoms with Gasteiger partial charge in [0.2, 0.25) is 0 Å². The number of nitriles is 1. The first-order valence-corrected chi connectivity index (χ1v) is 5.55. The highest BCUT2D eigenvalue weighted by molar-refractivity contribution is 8.00. The Bertz CT molecular complexity index is 511. The summed E-state index contributed by atoms with van der Waals surface area (Å²) in [5.74, 6) is 0. The molecule has 0 amide bonds. The first-order valence-electron chi connectivity index (χ1n) is 3.98. The fourth-order valence-electron chi connectivity index (χ4n) is 0.804. The van der Waals surface area contributed by atoms with E-state index in [1.165, 1.54) is 6.07 Å². The van der Waals surface area contributed by atoms with Crippen molar-refractivity contribution in [2.45, 2.75) is 16.5 Å². The SMILES string of the molecule is N#Cc1cc(Cl)nc(SC(F)(F)C(F)(F)F)c1Cl. The van der Waals surface area contributed by atoms with Crippen molar-refractivity contribution >= 4 is 35.0 Å². The van der Waals surface area contributed by atoms with Crippen LogP contribution in [0.3, 0.4) is 0 Å². The second kappa shape index (κ2) is 5.07. The number of pyridine rings is 1. The van der Waals surface area contributed by atoms with E-state index >= 15 is 0 Å². The lowest BCUT2D eigenvalue weighted by Gasteiger charge is -2.18. The van der Waals surface area contributed by atoms with Crippen molar-refractivity contribution in [3.63, 3.8) is 0 Å². The topological polar surface area (TPSA) is 36.7 Å². The van der Waals surface area contributed by atoms with Crippen LogP contribution in [-0.2, 0) is 0 Å². The molecule has 1 aromatic rings. The molecule has 18 heavy (non-hydrogen) atoms. The summed E-state index contributed by atoms with van der Waals surface area (Å²) in [7, 11) is 0. The summed E-state index contributed by atoms with van der Waals surface area (Å²) in [4.78, 5) is 3.25. The Hall–Kier alpha value is -0.780. The molecule has 1 heterocycles. The van der Waals surface area contributed by atoms with E-state index in [1.807, 2.05) is 0 Å². The lowest BCUT2D eigenvalue weighted by molar-refractivity contribution is -0.237. The van der Waals surface area contributed by atoms with Gasteiger partial charge in [-0.15, -0.1) is 0 Å². The number of halogens is 7. The van der Waals surface area contributed by atoms with Crippen molar-refractivity contribution in [1.29, 1.82) is 5.26 Å². The normalized spacial score (nSPS) is 12.3. The third kappa shape index (κ3) is 3.16. The Morgan fingerprint density at radius 3 is 2.22 bits per heavy atom. The molecule has 10 heteroatoms. The minimum Gasteiger partial charge on any atom is -0.228 e. The maximum absolute atomic E-state index is 12.8. The van der Waals surface area contributed by atoms with E-state index < -0.39 is 38.4 Å². The summed E-state index contributed by atoms with van der Waals surface area (Å²) in [5.41, 5.74) is -0.336. The van der Waals surface area contributed by atoms with Crippen LogP contribution in [0.5, 0.6) is 0 Å². The van der Waals surface area contributed by atoms with Gasteiger partial charge in [0.05, 0.1) is 10.6 Å². The van der Waals surface area contributed by atoms with Crippen molar-refractivity contribution in [2.75, 3.05) is 0 Å². The highest BCUT2D eigenvalue weighted by Crippen LogP contribution is 2.49. The van der Waals surface area contributed by atoms with Crippen LogP contribution in [0.1, 0.15) is 5.56 Å². The zero-order chi connectivity index (χ0) is 14.1. The zero-order valence-corrected chi connectivity index (χ0v) is 10.4. The summed E-state index contributed by atoms with van der Waals surface area (Å²) < 4.78 is 61.5. The van der Waals surface area contributed by atoms with Crippen molar-refractivity contribution in [3.05, 3.63) is 21.8 Å². The molecule has 1 aromatic heterocycles. The zero-order valence-electron chi connectivity index (χ0n) is 8.03. The highest BCUT2D eigenvalue weighted by Gasteiger charge is 2.59. The van der Waals surface area contributed by atoms with Crippen molar-refractivity contribution in [3.8, 4) is 6.07 Å². The number of hydrogen-bond donors (Lipinski definition) is 0. The quantitative estimate of drug-likeness (QED) is 0.456. The second-order valence-corrected chi connectivity index (χ2v) is 4.71. The predicted octanol–water partition coefficient (Wildman–Crippen LogP) is 4.51. The highest BCUT2D eigenvalue weighted by atomic mass is 35.5. The molecule has 0 aliphatic rings. The molecule has 0 saturated carbocycles. The molecule has 0 spiro atoms. The molecule has 0 fully saturated rings. The Labute approximate surface area is 112 Å². The van der Waals surface area contributed by atoms with Gasteiger partial charge in [-0.25, -0.2) is 4.98 Å². The lowest BCUT2D eigenvalue weighted by atomic mass is 10.3. The molecule has 0 bridgehead atoms.